The molecule has 3 fully saturated rings. The Morgan fingerprint density at radius 1 is 0.778 bits per heavy atom. The van der Waals surface area contributed by atoms with Gasteiger partial charge < -0.3 is 9.64 Å². The van der Waals surface area contributed by atoms with Gasteiger partial charge in [-0.1, -0.05) is 54.6 Å². The third-order valence-corrected chi connectivity index (χ3v) is 9.28. The van der Waals surface area contributed by atoms with E-state index in [0.29, 0.717) is 82.6 Å². The monoisotopic (exact) mass is 619 g/mol. The van der Waals surface area contributed by atoms with E-state index in [-0.39, 0.29) is 23.7 Å². The van der Waals surface area contributed by atoms with Crippen molar-refractivity contribution in [3.05, 3.63) is 107 Å². The van der Waals surface area contributed by atoms with Crippen molar-refractivity contribution in [1.29, 1.82) is 0 Å². The molecule has 3 aliphatic heterocycles. The Hall–Kier alpha value is -4.18. The highest BCUT2D eigenvalue weighted by molar-refractivity contribution is 5.98. The maximum Gasteiger partial charge on any atom is 0.416 e. The van der Waals surface area contributed by atoms with Gasteiger partial charge in [0.2, 0.25) is 0 Å². The fraction of sp³-hybridized carbons (Fsp3) is 0.400. The molecule has 3 aromatic rings. The minimum Gasteiger partial charge on any atom is -0.441 e. The molecule has 1 spiro atoms. The Kier molecular flexibility index (Phi) is 8.68. The van der Waals surface area contributed by atoms with Crippen LogP contribution >= 0.6 is 0 Å². The molecule has 45 heavy (non-hydrogen) atoms. The summed E-state index contributed by atoms with van der Waals surface area (Å²) in [5.41, 5.74) is 1.77. The number of halogens is 3. The van der Waals surface area contributed by atoms with E-state index in [0.717, 1.165) is 23.3 Å². The van der Waals surface area contributed by atoms with Crippen LogP contribution in [-0.2, 0) is 24.0 Å². The molecule has 0 atom stereocenters. The second kappa shape index (κ2) is 12.7. The number of piperidine rings is 2. The summed E-state index contributed by atoms with van der Waals surface area (Å²) in [7, 11) is 0. The molecule has 2 amide bonds. The molecule has 236 valence electrons. The van der Waals surface area contributed by atoms with E-state index < -0.39 is 17.3 Å². The zero-order chi connectivity index (χ0) is 31.6. The number of hydrogen-bond donors (Lipinski definition) is 0. The van der Waals surface area contributed by atoms with Crippen molar-refractivity contribution in [3.63, 3.8) is 0 Å². The van der Waals surface area contributed by atoms with Crippen molar-refractivity contribution in [2.45, 2.75) is 50.6 Å². The molecule has 0 aromatic heterocycles. The molecule has 3 saturated heterocycles. The molecule has 3 aliphatic rings. The highest BCUT2D eigenvalue weighted by Crippen LogP contribution is 2.35. The van der Waals surface area contributed by atoms with Crippen molar-refractivity contribution in [2.24, 2.45) is 5.92 Å². The molecular formula is C35H36F3N3O4. The van der Waals surface area contributed by atoms with Gasteiger partial charge in [-0.2, -0.15) is 13.2 Å². The summed E-state index contributed by atoms with van der Waals surface area (Å²) in [6.45, 7) is 3.81. The van der Waals surface area contributed by atoms with Gasteiger partial charge in [0.25, 0.3) is 5.91 Å². The fourth-order valence-corrected chi connectivity index (χ4v) is 6.59. The Morgan fingerprint density at radius 3 is 2.00 bits per heavy atom. The molecule has 0 saturated carbocycles. The predicted molar refractivity (Wildman–Crippen MR) is 161 cm³/mol. The molecule has 7 nitrogen and oxygen atoms in total. The number of ether oxygens (including phenoxy) is 1. The van der Waals surface area contributed by atoms with Gasteiger partial charge in [0.15, 0.2) is 5.78 Å². The molecule has 0 bridgehead atoms. The number of amides is 2. The summed E-state index contributed by atoms with van der Waals surface area (Å²) in [6.07, 6.45) is -2.13. The van der Waals surface area contributed by atoms with Crippen molar-refractivity contribution >= 4 is 17.8 Å². The molecule has 6 rings (SSSR count). The maximum absolute atomic E-state index is 13.2. The SMILES string of the molecule is O=C(c1ccccc1)C1CCN(C(=O)c2ccc(CN3CC4(CCN(Cc5ccc(C(F)(F)F)cc5)CC4)OC3=O)cc2)CC1. The first kappa shape index (κ1) is 30.8. The summed E-state index contributed by atoms with van der Waals surface area (Å²) in [6, 6.07) is 21.8. The largest absolute Gasteiger partial charge is 0.441 e. The van der Waals surface area contributed by atoms with Crippen LogP contribution in [0.3, 0.4) is 0 Å². The van der Waals surface area contributed by atoms with E-state index in [9.17, 15) is 27.6 Å². The number of ketones is 1. The van der Waals surface area contributed by atoms with Crippen LogP contribution < -0.4 is 0 Å². The zero-order valence-corrected chi connectivity index (χ0v) is 25.0. The lowest BCUT2D eigenvalue weighted by Crippen LogP contribution is -2.46. The van der Waals surface area contributed by atoms with E-state index in [1.54, 1.807) is 21.9 Å². The Bertz CT molecular complexity index is 1510. The number of Topliss-reactive ketones (excluding diaryl/α,β-unsaturated/α-hetero) is 1. The van der Waals surface area contributed by atoms with Crippen molar-refractivity contribution < 1.29 is 32.3 Å². The van der Waals surface area contributed by atoms with Crippen LogP contribution in [0.2, 0.25) is 0 Å². The van der Waals surface area contributed by atoms with E-state index in [1.165, 1.54) is 12.1 Å². The first-order valence-corrected chi connectivity index (χ1v) is 15.4. The fourth-order valence-electron chi connectivity index (χ4n) is 6.59. The minimum absolute atomic E-state index is 0.0604. The highest BCUT2D eigenvalue weighted by atomic mass is 19.4. The van der Waals surface area contributed by atoms with Gasteiger partial charge in [0.05, 0.1) is 12.1 Å². The van der Waals surface area contributed by atoms with E-state index in [4.69, 9.17) is 4.74 Å². The van der Waals surface area contributed by atoms with Gasteiger partial charge in [0, 0.05) is 69.2 Å². The molecule has 3 heterocycles. The van der Waals surface area contributed by atoms with Gasteiger partial charge in [0.1, 0.15) is 5.60 Å². The van der Waals surface area contributed by atoms with Crippen molar-refractivity contribution in [2.75, 3.05) is 32.7 Å². The normalized spacial score (nSPS) is 19.1. The van der Waals surface area contributed by atoms with E-state index >= 15 is 0 Å². The van der Waals surface area contributed by atoms with Crippen LogP contribution in [0, 0.1) is 5.92 Å². The van der Waals surface area contributed by atoms with Crippen LogP contribution in [0.15, 0.2) is 78.9 Å². The van der Waals surface area contributed by atoms with E-state index in [2.05, 4.69) is 4.90 Å². The van der Waals surface area contributed by atoms with Gasteiger partial charge in [-0.15, -0.1) is 0 Å². The second-order valence-corrected chi connectivity index (χ2v) is 12.4. The molecule has 0 aliphatic carbocycles. The van der Waals surface area contributed by atoms with E-state index in [1.807, 2.05) is 42.5 Å². The number of rotatable bonds is 7. The topological polar surface area (TPSA) is 70.2 Å². The lowest BCUT2D eigenvalue weighted by Gasteiger charge is -2.37. The Labute approximate surface area is 260 Å². The molecule has 0 radical (unpaired) electrons. The molecule has 3 aromatic carbocycles. The smallest absolute Gasteiger partial charge is 0.416 e. The lowest BCUT2D eigenvalue weighted by atomic mass is 9.88. The second-order valence-electron chi connectivity index (χ2n) is 12.4. The Morgan fingerprint density at radius 2 is 1.38 bits per heavy atom. The molecule has 0 N–H and O–H groups in total. The zero-order valence-electron chi connectivity index (χ0n) is 25.0. The predicted octanol–water partition coefficient (Wildman–Crippen LogP) is 6.43. The van der Waals surface area contributed by atoms with Crippen LogP contribution in [-0.4, -0.2) is 70.8 Å². The summed E-state index contributed by atoms with van der Waals surface area (Å²) in [5.74, 6) is 0.00124. The van der Waals surface area contributed by atoms with Crippen LogP contribution in [0.1, 0.15) is 63.1 Å². The molecule has 10 heteroatoms. The average Bonchev–Trinajstić information content (AvgIpc) is 3.35. The van der Waals surface area contributed by atoms with Crippen LogP contribution in [0.4, 0.5) is 18.0 Å². The van der Waals surface area contributed by atoms with Crippen molar-refractivity contribution in [1.82, 2.24) is 14.7 Å². The van der Waals surface area contributed by atoms with Gasteiger partial charge in [-0.3, -0.25) is 19.4 Å². The lowest BCUT2D eigenvalue weighted by molar-refractivity contribution is -0.137. The average molecular weight is 620 g/mol. The summed E-state index contributed by atoms with van der Waals surface area (Å²) in [5, 5.41) is 0. The van der Waals surface area contributed by atoms with Crippen LogP contribution in [0.25, 0.3) is 0 Å². The quantitative estimate of drug-likeness (QED) is 0.285. The molecule has 0 unspecified atom stereocenters. The number of carbonyl (C=O) groups excluding carboxylic acids is 3. The van der Waals surface area contributed by atoms with Gasteiger partial charge in [-0.25, -0.2) is 4.79 Å². The van der Waals surface area contributed by atoms with Crippen LogP contribution in [0.5, 0.6) is 0 Å². The summed E-state index contributed by atoms with van der Waals surface area (Å²) >= 11 is 0. The first-order valence-electron chi connectivity index (χ1n) is 15.4. The highest BCUT2D eigenvalue weighted by Gasteiger charge is 2.46. The number of carbonyl (C=O) groups is 3. The first-order chi connectivity index (χ1) is 21.6. The summed E-state index contributed by atoms with van der Waals surface area (Å²) < 4.78 is 44.5. The number of nitrogens with zero attached hydrogens (tertiary/aromatic N) is 3. The molecular weight excluding hydrogens is 583 g/mol. The Balaban J connectivity index is 0.971. The van der Waals surface area contributed by atoms with Gasteiger partial charge >= 0.3 is 12.3 Å². The number of benzene rings is 3. The van der Waals surface area contributed by atoms with Crippen molar-refractivity contribution in [3.8, 4) is 0 Å². The minimum atomic E-state index is -4.35. The maximum atomic E-state index is 13.2. The number of alkyl halides is 3. The van der Waals surface area contributed by atoms with Gasteiger partial charge in [-0.05, 0) is 48.2 Å². The summed E-state index contributed by atoms with van der Waals surface area (Å²) in [4.78, 5) is 44.4. The third-order valence-electron chi connectivity index (χ3n) is 9.28. The number of likely N-dealkylation sites (tertiary alicyclic amines) is 2. The standard InChI is InChI=1S/C35H36F3N3O4/c36-35(37,38)30-12-8-25(9-13-30)22-39-20-16-34(17-21-39)24-41(33(44)45-34)23-26-6-10-29(11-7-26)32(43)40-18-14-28(15-19-40)31(42)27-4-2-1-3-5-27/h1-13,28H,14-24H2. The third kappa shape index (κ3) is 7.06. The number of hydrogen-bond acceptors (Lipinski definition) is 5.